The van der Waals surface area contributed by atoms with Crippen molar-refractivity contribution in [3.63, 3.8) is 0 Å². The van der Waals surface area contributed by atoms with Gasteiger partial charge >= 0.3 is 5.97 Å². The third kappa shape index (κ3) is 4.21. The van der Waals surface area contributed by atoms with Crippen LogP contribution in [-0.2, 0) is 20.9 Å². The van der Waals surface area contributed by atoms with Crippen LogP contribution in [0.4, 0.5) is 4.39 Å². The van der Waals surface area contributed by atoms with Crippen LogP contribution in [0.3, 0.4) is 0 Å². The molecule has 7 heteroatoms. The van der Waals surface area contributed by atoms with E-state index < -0.39 is 17.7 Å². The van der Waals surface area contributed by atoms with Crippen LogP contribution in [0, 0.1) is 5.82 Å². The molecule has 4 nitrogen and oxygen atoms in total. The first-order valence-electron chi connectivity index (χ1n) is 8.61. The van der Waals surface area contributed by atoms with Gasteiger partial charge in [0.25, 0.3) is 0 Å². The average Bonchev–Trinajstić information content (AvgIpc) is 2.65. The van der Waals surface area contributed by atoms with Gasteiger partial charge in [-0.2, -0.15) is 0 Å². The fraction of sp³-hybridized carbons (Fsp3) is 0.238. The minimum atomic E-state index is -0.544. The van der Waals surface area contributed by atoms with Gasteiger partial charge in [0.1, 0.15) is 12.4 Å². The van der Waals surface area contributed by atoms with Crippen molar-refractivity contribution in [1.29, 1.82) is 0 Å². The van der Waals surface area contributed by atoms with E-state index in [-0.39, 0.29) is 24.0 Å². The van der Waals surface area contributed by atoms with Crippen molar-refractivity contribution < 1.29 is 18.7 Å². The Kier molecular flexibility index (Phi) is 6.06. The molecule has 0 radical (unpaired) electrons. The molecule has 0 fully saturated rings. The van der Waals surface area contributed by atoms with E-state index in [0.29, 0.717) is 21.9 Å². The quantitative estimate of drug-likeness (QED) is 0.645. The number of amides is 1. The molecule has 0 bridgehead atoms. The van der Waals surface area contributed by atoms with Crippen LogP contribution < -0.4 is 0 Å². The van der Waals surface area contributed by atoms with Crippen molar-refractivity contribution in [3.05, 3.63) is 80.7 Å². The van der Waals surface area contributed by atoms with Gasteiger partial charge in [-0.3, -0.25) is 4.79 Å². The minimum Gasteiger partial charge on any atom is -0.457 e. The Morgan fingerprint density at radius 2 is 1.89 bits per heavy atom. The second-order valence-corrected chi connectivity index (χ2v) is 7.42. The molecule has 3 rings (SSSR count). The van der Waals surface area contributed by atoms with E-state index >= 15 is 0 Å². The highest BCUT2D eigenvalue weighted by atomic mass is 35.5. The Morgan fingerprint density at radius 3 is 2.54 bits per heavy atom. The lowest BCUT2D eigenvalue weighted by molar-refractivity contribution is -0.141. The lowest BCUT2D eigenvalue weighted by Crippen LogP contribution is -2.35. The van der Waals surface area contributed by atoms with Gasteiger partial charge < -0.3 is 9.64 Å². The van der Waals surface area contributed by atoms with E-state index in [9.17, 15) is 14.0 Å². The molecule has 1 unspecified atom stereocenters. The summed E-state index contributed by atoms with van der Waals surface area (Å²) in [4.78, 5) is 26.7. The summed E-state index contributed by atoms with van der Waals surface area (Å²) in [7, 11) is 1.62. The van der Waals surface area contributed by atoms with E-state index in [1.165, 1.54) is 23.1 Å². The molecule has 0 saturated heterocycles. The monoisotopic (exact) mass is 421 g/mol. The van der Waals surface area contributed by atoms with Crippen molar-refractivity contribution in [3.8, 4) is 0 Å². The third-order valence-corrected chi connectivity index (χ3v) is 5.46. The maximum absolute atomic E-state index is 13.2. The van der Waals surface area contributed by atoms with Crippen molar-refractivity contribution in [1.82, 2.24) is 4.90 Å². The standard InChI is InChI=1S/C21H18Cl2FNO3/c1-12-20(21(27)28-11-14-5-8-16(24)9-18(14)23)17(10-19(26)25(12)2)13-3-6-15(22)7-4-13/h3-9,17H,10-11H2,1-2H3. The van der Waals surface area contributed by atoms with Crippen LogP contribution in [0.2, 0.25) is 10.0 Å². The summed E-state index contributed by atoms with van der Waals surface area (Å²) in [5.41, 5.74) is 2.24. The SMILES string of the molecule is CC1=C(C(=O)OCc2ccc(F)cc2Cl)C(c2ccc(Cl)cc2)CC(=O)N1C. The number of hydrogen-bond donors (Lipinski definition) is 0. The van der Waals surface area contributed by atoms with Gasteiger partial charge in [0.15, 0.2) is 0 Å². The maximum atomic E-state index is 13.2. The predicted molar refractivity (Wildman–Crippen MR) is 105 cm³/mol. The lowest BCUT2D eigenvalue weighted by atomic mass is 9.84. The molecule has 1 aliphatic heterocycles. The van der Waals surface area contributed by atoms with Crippen LogP contribution >= 0.6 is 23.2 Å². The Morgan fingerprint density at radius 1 is 1.21 bits per heavy atom. The molecule has 0 spiro atoms. The summed E-state index contributed by atoms with van der Waals surface area (Å²) in [5, 5.41) is 0.752. The van der Waals surface area contributed by atoms with Gasteiger partial charge in [-0.25, -0.2) is 9.18 Å². The molecule has 0 saturated carbocycles. The molecule has 146 valence electrons. The topological polar surface area (TPSA) is 46.6 Å². The predicted octanol–water partition coefficient (Wildman–Crippen LogP) is 5.10. The number of esters is 1. The van der Waals surface area contributed by atoms with Crippen LogP contribution in [0.25, 0.3) is 0 Å². The highest BCUT2D eigenvalue weighted by Crippen LogP contribution is 2.37. The van der Waals surface area contributed by atoms with Crippen LogP contribution in [0.15, 0.2) is 53.7 Å². The van der Waals surface area contributed by atoms with Crippen LogP contribution in [-0.4, -0.2) is 23.8 Å². The van der Waals surface area contributed by atoms with Gasteiger partial charge in [-0.1, -0.05) is 41.4 Å². The summed E-state index contributed by atoms with van der Waals surface area (Å²) in [6.45, 7) is 1.61. The van der Waals surface area contributed by atoms with Crippen LogP contribution in [0.5, 0.6) is 0 Å². The third-order valence-electron chi connectivity index (χ3n) is 4.86. The van der Waals surface area contributed by atoms with E-state index in [1.807, 2.05) is 0 Å². The van der Waals surface area contributed by atoms with E-state index in [1.54, 1.807) is 38.2 Å². The van der Waals surface area contributed by atoms with E-state index in [0.717, 1.165) is 5.56 Å². The zero-order chi connectivity index (χ0) is 20.4. The maximum Gasteiger partial charge on any atom is 0.336 e. The first kappa shape index (κ1) is 20.4. The summed E-state index contributed by atoms with van der Waals surface area (Å²) >= 11 is 12.0. The molecule has 2 aromatic rings. The number of benzene rings is 2. The van der Waals surface area contributed by atoms with Gasteiger partial charge in [0.2, 0.25) is 5.91 Å². The largest absolute Gasteiger partial charge is 0.457 e. The number of rotatable bonds is 4. The van der Waals surface area contributed by atoms with Crippen LogP contribution in [0.1, 0.15) is 30.4 Å². The Labute approximate surface area is 172 Å². The number of carbonyl (C=O) groups is 2. The Bertz CT molecular complexity index is 957. The Hall–Kier alpha value is -2.37. The molecule has 0 aliphatic carbocycles. The van der Waals surface area contributed by atoms with E-state index in [2.05, 4.69) is 0 Å². The van der Waals surface area contributed by atoms with Gasteiger partial charge in [0.05, 0.1) is 10.6 Å². The lowest BCUT2D eigenvalue weighted by Gasteiger charge is -2.32. The highest BCUT2D eigenvalue weighted by molar-refractivity contribution is 6.31. The second kappa shape index (κ2) is 8.33. The van der Waals surface area contributed by atoms with Gasteiger partial charge in [-0.05, 0) is 36.8 Å². The molecular formula is C21H18Cl2FNO3. The molecule has 1 aliphatic rings. The molecular weight excluding hydrogens is 404 g/mol. The zero-order valence-electron chi connectivity index (χ0n) is 15.3. The number of carbonyl (C=O) groups excluding carboxylic acids is 2. The fourth-order valence-electron chi connectivity index (χ4n) is 3.16. The summed E-state index contributed by atoms with van der Waals surface area (Å²) in [6, 6.07) is 10.9. The Balaban J connectivity index is 1.89. The van der Waals surface area contributed by atoms with Crippen molar-refractivity contribution in [2.75, 3.05) is 7.05 Å². The smallest absolute Gasteiger partial charge is 0.336 e. The fourth-order valence-corrected chi connectivity index (χ4v) is 3.51. The van der Waals surface area contributed by atoms with Crippen molar-refractivity contribution in [2.24, 2.45) is 0 Å². The highest BCUT2D eigenvalue weighted by Gasteiger charge is 2.35. The summed E-state index contributed by atoms with van der Waals surface area (Å²) < 4.78 is 18.6. The minimum absolute atomic E-state index is 0.0874. The summed E-state index contributed by atoms with van der Waals surface area (Å²) in [6.07, 6.45) is 0.150. The zero-order valence-corrected chi connectivity index (χ0v) is 16.9. The molecule has 1 atom stereocenters. The molecule has 1 heterocycles. The summed E-state index contributed by atoms with van der Waals surface area (Å²) in [5.74, 6) is -1.53. The molecule has 0 N–H and O–H groups in total. The van der Waals surface area contributed by atoms with E-state index in [4.69, 9.17) is 27.9 Å². The average molecular weight is 422 g/mol. The molecule has 28 heavy (non-hydrogen) atoms. The molecule has 2 aromatic carbocycles. The molecule has 1 amide bonds. The normalized spacial score (nSPS) is 17.1. The number of ether oxygens (including phenoxy) is 1. The molecule has 0 aromatic heterocycles. The number of nitrogens with zero attached hydrogens (tertiary/aromatic N) is 1. The van der Waals surface area contributed by atoms with Crippen molar-refractivity contribution in [2.45, 2.75) is 25.9 Å². The first-order valence-corrected chi connectivity index (χ1v) is 9.37. The number of allylic oxidation sites excluding steroid dienone is 1. The van der Waals surface area contributed by atoms with Gasteiger partial charge in [0, 0.05) is 35.7 Å². The van der Waals surface area contributed by atoms with Crippen molar-refractivity contribution >= 4 is 35.1 Å². The number of hydrogen-bond acceptors (Lipinski definition) is 3. The van der Waals surface area contributed by atoms with Gasteiger partial charge in [-0.15, -0.1) is 0 Å². The number of halogens is 3. The first-order chi connectivity index (χ1) is 13.3. The second-order valence-electron chi connectivity index (χ2n) is 6.57.